The Balaban J connectivity index is 2.68. The van der Waals surface area contributed by atoms with Crippen molar-refractivity contribution in [2.75, 3.05) is 7.11 Å². The lowest BCUT2D eigenvalue weighted by molar-refractivity contribution is -0.142. The summed E-state index contributed by atoms with van der Waals surface area (Å²) in [6.07, 6.45) is 1.66. The average Bonchev–Trinajstić information content (AvgIpc) is 2.90. The van der Waals surface area contributed by atoms with Crippen LogP contribution in [0.25, 0.3) is 0 Å². The smallest absolute Gasteiger partial charge is 0.326 e. The van der Waals surface area contributed by atoms with Crippen molar-refractivity contribution < 1.29 is 24.2 Å². The molecule has 1 rings (SSSR count). The number of carbonyl (C=O) groups is 3. The lowest BCUT2D eigenvalue weighted by atomic mass is 10.1. The van der Waals surface area contributed by atoms with Crippen molar-refractivity contribution in [3.63, 3.8) is 0 Å². The van der Waals surface area contributed by atoms with Crippen molar-refractivity contribution in [3.05, 3.63) is 24.0 Å². The minimum atomic E-state index is -1.18. The minimum Gasteiger partial charge on any atom is -0.480 e. The molecule has 0 aliphatic rings. The second-order valence-electron chi connectivity index (χ2n) is 4.16. The number of esters is 1. The van der Waals surface area contributed by atoms with Crippen molar-refractivity contribution in [2.45, 2.75) is 32.4 Å². The number of hydrogen-bond acceptors (Lipinski definition) is 4. The van der Waals surface area contributed by atoms with Crippen molar-refractivity contribution in [1.29, 1.82) is 0 Å². The molecule has 0 aromatic carbocycles. The number of hydrogen-bond donors (Lipinski definition) is 2. The zero-order valence-electron chi connectivity index (χ0n) is 11.5. The molecule has 20 heavy (non-hydrogen) atoms. The van der Waals surface area contributed by atoms with E-state index in [0.29, 0.717) is 12.2 Å². The molecule has 1 atom stereocenters. The molecular weight excluding hydrogens is 264 g/mol. The van der Waals surface area contributed by atoms with Crippen LogP contribution in [-0.2, 0) is 20.9 Å². The predicted molar refractivity (Wildman–Crippen MR) is 70.2 cm³/mol. The SMILES string of the molecule is CCn1cccc1C(=O)N[C@H](CCC(=O)OC)C(=O)O. The predicted octanol–water partition coefficient (Wildman–Crippen LogP) is 0.644. The molecule has 7 nitrogen and oxygen atoms in total. The molecular formula is C13H18N2O5. The number of carboxylic acid groups (broad SMARTS) is 1. The van der Waals surface area contributed by atoms with Gasteiger partial charge in [-0.3, -0.25) is 9.59 Å². The number of nitrogens with one attached hydrogen (secondary N) is 1. The molecule has 1 amide bonds. The maximum atomic E-state index is 12.0. The maximum absolute atomic E-state index is 12.0. The highest BCUT2D eigenvalue weighted by molar-refractivity contribution is 5.95. The van der Waals surface area contributed by atoms with Crippen molar-refractivity contribution in [1.82, 2.24) is 9.88 Å². The van der Waals surface area contributed by atoms with Gasteiger partial charge in [0.1, 0.15) is 11.7 Å². The number of methoxy groups -OCH3 is 1. The first-order valence-electron chi connectivity index (χ1n) is 6.25. The van der Waals surface area contributed by atoms with E-state index in [9.17, 15) is 14.4 Å². The van der Waals surface area contributed by atoms with Gasteiger partial charge in [0.05, 0.1) is 7.11 Å². The number of carbonyl (C=O) groups excluding carboxylic acids is 2. The average molecular weight is 282 g/mol. The van der Waals surface area contributed by atoms with Gasteiger partial charge >= 0.3 is 11.9 Å². The van der Waals surface area contributed by atoms with E-state index in [1.807, 2.05) is 6.92 Å². The number of carboxylic acids is 1. The minimum absolute atomic E-state index is 0.0133. The van der Waals surface area contributed by atoms with Gasteiger partial charge < -0.3 is 19.7 Å². The van der Waals surface area contributed by atoms with E-state index in [2.05, 4.69) is 10.1 Å². The fraction of sp³-hybridized carbons (Fsp3) is 0.462. The fourth-order valence-electron chi connectivity index (χ4n) is 1.75. The first kappa shape index (κ1) is 15.7. The van der Waals surface area contributed by atoms with Gasteiger partial charge in [-0.1, -0.05) is 0 Å². The van der Waals surface area contributed by atoms with Crippen LogP contribution < -0.4 is 5.32 Å². The number of aryl methyl sites for hydroxylation is 1. The van der Waals surface area contributed by atoms with Gasteiger partial charge in [-0.25, -0.2) is 4.79 Å². The molecule has 0 saturated heterocycles. The molecule has 7 heteroatoms. The van der Waals surface area contributed by atoms with Gasteiger partial charge in [-0.15, -0.1) is 0 Å². The molecule has 1 heterocycles. The molecule has 110 valence electrons. The molecule has 0 fully saturated rings. The van der Waals surface area contributed by atoms with E-state index in [0.717, 1.165) is 0 Å². The summed E-state index contributed by atoms with van der Waals surface area (Å²) in [7, 11) is 1.23. The van der Waals surface area contributed by atoms with Gasteiger partial charge in [-0.05, 0) is 25.5 Å². The Morgan fingerprint density at radius 2 is 2.15 bits per heavy atom. The Bertz CT molecular complexity index is 495. The zero-order valence-corrected chi connectivity index (χ0v) is 11.5. The van der Waals surface area contributed by atoms with Crippen LogP contribution in [0.1, 0.15) is 30.3 Å². The number of nitrogens with zero attached hydrogens (tertiary/aromatic N) is 1. The summed E-state index contributed by atoms with van der Waals surface area (Å²) in [5.74, 6) is -2.17. The third-order valence-corrected chi connectivity index (χ3v) is 2.87. The van der Waals surface area contributed by atoms with E-state index in [1.165, 1.54) is 7.11 Å². The van der Waals surface area contributed by atoms with E-state index < -0.39 is 23.9 Å². The zero-order chi connectivity index (χ0) is 15.1. The number of aromatic nitrogens is 1. The van der Waals surface area contributed by atoms with Crippen LogP contribution in [0, 0.1) is 0 Å². The maximum Gasteiger partial charge on any atom is 0.326 e. The van der Waals surface area contributed by atoms with Gasteiger partial charge in [0.2, 0.25) is 0 Å². The van der Waals surface area contributed by atoms with Crippen molar-refractivity contribution in [3.8, 4) is 0 Å². The molecule has 0 unspecified atom stereocenters. The Morgan fingerprint density at radius 3 is 2.70 bits per heavy atom. The summed E-state index contributed by atoms with van der Waals surface area (Å²) >= 11 is 0. The first-order valence-corrected chi connectivity index (χ1v) is 6.25. The van der Waals surface area contributed by atoms with Gasteiger partial charge in [0, 0.05) is 19.2 Å². The largest absolute Gasteiger partial charge is 0.480 e. The van der Waals surface area contributed by atoms with Crippen LogP contribution in [-0.4, -0.2) is 40.7 Å². The third kappa shape index (κ3) is 4.11. The Hall–Kier alpha value is -2.31. The van der Waals surface area contributed by atoms with E-state index in [4.69, 9.17) is 5.11 Å². The highest BCUT2D eigenvalue weighted by Gasteiger charge is 2.22. The van der Waals surface area contributed by atoms with Crippen LogP contribution >= 0.6 is 0 Å². The van der Waals surface area contributed by atoms with Crippen LogP contribution in [0.5, 0.6) is 0 Å². The lowest BCUT2D eigenvalue weighted by Crippen LogP contribution is -2.41. The first-order chi connectivity index (χ1) is 9.49. The van der Waals surface area contributed by atoms with Crippen molar-refractivity contribution >= 4 is 17.8 Å². The molecule has 0 aliphatic heterocycles. The molecule has 1 aromatic heterocycles. The highest BCUT2D eigenvalue weighted by Crippen LogP contribution is 2.05. The molecule has 0 aliphatic carbocycles. The van der Waals surface area contributed by atoms with E-state index in [1.54, 1.807) is 22.9 Å². The third-order valence-electron chi connectivity index (χ3n) is 2.87. The second kappa shape index (κ2) is 7.32. The summed E-state index contributed by atoms with van der Waals surface area (Å²) in [5.41, 5.74) is 0.386. The monoisotopic (exact) mass is 282 g/mol. The quantitative estimate of drug-likeness (QED) is 0.715. The standard InChI is InChI=1S/C13H18N2O5/c1-3-15-8-4-5-10(15)12(17)14-9(13(18)19)6-7-11(16)20-2/h4-5,8-9H,3,6-7H2,1-2H3,(H,14,17)(H,18,19)/t9-/m1/s1. The van der Waals surface area contributed by atoms with E-state index in [-0.39, 0.29) is 12.8 Å². The number of aliphatic carboxylic acids is 1. The van der Waals surface area contributed by atoms with E-state index >= 15 is 0 Å². The Labute approximate surface area is 116 Å². The van der Waals surface area contributed by atoms with Crippen LogP contribution in [0.15, 0.2) is 18.3 Å². The number of amides is 1. The molecule has 0 spiro atoms. The summed E-state index contributed by atoms with van der Waals surface area (Å²) in [6.45, 7) is 2.48. The molecule has 0 bridgehead atoms. The molecule has 2 N–H and O–H groups in total. The highest BCUT2D eigenvalue weighted by atomic mass is 16.5. The Morgan fingerprint density at radius 1 is 1.45 bits per heavy atom. The number of ether oxygens (including phenoxy) is 1. The summed E-state index contributed by atoms with van der Waals surface area (Å²) in [4.78, 5) is 34.1. The molecule has 1 aromatic rings. The fourth-order valence-corrected chi connectivity index (χ4v) is 1.75. The van der Waals surface area contributed by atoms with Gasteiger partial charge in [-0.2, -0.15) is 0 Å². The topological polar surface area (TPSA) is 97.6 Å². The van der Waals surface area contributed by atoms with Crippen molar-refractivity contribution in [2.24, 2.45) is 0 Å². The summed E-state index contributed by atoms with van der Waals surface area (Å²) in [5, 5.41) is 11.5. The van der Waals surface area contributed by atoms with Gasteiger partial charge in [0.15, 0.2) is 0 Å². The normalized spacial score (nSPS) is 11.7. The Kier molecular flexibility index (Phi) is 5.76. The molecule has 0 radical (unpaired) electrons. The summed E-state index contributed by atoms with van der Waals surface area (Å²) < 4.78 is 6.15. The van der Waals surface area contributed by atoms with Crippen LogP contribution in [0.4, 0.5) is 0 Å². The lowest BCUT2D eigenvalue weighted by Gasteiger charge is -2.14. The van der Waals surface area contributed by atoms with Gasteiger partial charge in [0.25, 0.3) is 5.91 Å². The van der Waals surface area contributed by atoms with Crippen LogP contribution in [0.3, 0.4) is 0 Å². The molecule has 0 saturated carbocycles. The van der Waals surface area contributed by atoms with Crippen LogP contribution in [0.2, 0.25) is 0 Å². The second-order valence-corrected chi connectivity index (χ2v) is 4.16. The summed E-state index contributed by atoms with van der Waals surface area (Å²) in [6, 6.07) is 2.20. The number of rotatable bonds is 7.